The zero-order valence-electron chi connectivity index (χ0n) is 9.90. The Morgan fingerprint density at radius 3 is 2.88 bits per heavy atom. The van der Waals surface area contributed by atoms with Crippen molar-refractivity contribution in [2.45, 2.75) is 12.5 Å². The van der Waals surface area contributed by atoms with E-state index in [1.165, 1.54) is 6.07 Å². The highest BCUT2D eigenvalue weighted by molar-refractivity contribution is 5.28. The molecular formula is C13H18FNO2. The first kappa shape index (κ1) is 12.5. The molecule has 1 aromatic rings. The van der Waals surface area contributed by atoms with Crippen LogP contribution in [0.3, 0.4) is 0 Å². The third-order valence-electron chi connectivity index (χ3n) is 3.64. The fourth-order valence-electron chi connectivity index (χ4n) is 2.60. The highest BCUT2D eigenvalue weighted by Gasteiger charge is 2.44. The second-order valence-corrected chi connectivity index (χ2v) is 4.80. The first-order valence-electron chi connectivity index (χ1n) is 5.82. The number of ether oxygens (including phenoxy) is 1. The van der Waals surface area contributed by atoms with Crippen LogP contribution in [0.2, 0.25) is 0 Å². The van der Waals surface area contributed by atoms with Crippen molar-refractivity contribution in [1.29, 1.82) is 0 Å². The molecule has 1 aromatic carbocycles. The molecule has 0 amide bonds. The minimum absolute atomic E-state index is 0.0602. The van der Waals surface area contributed by atoms with Gasteiger partial charge in [0.1, 0.15) is 5.82 Å². The van der Waals surface area contributed by atoms with Crippen molar-refractivity contribution in [3.8, 4) is 0 Å². The third kappa shape index (κ3) is 2.08. The van der Waals surface area contributed by atoms with Crippen LogP contribution in [-0.2, 0) is 10.3 Å². The number of hydrogen-bond acceptors (Lipinski definition) is 3. The number of halogens is 1. The van der Waals surface area contributed by atoms with Crippen LogP contribution in [0, 0.1) is 17.7 Å². The van der Waals surface area contributed by atoms with E-state index < -0.39 is 5.54 Å². The molecule has 1 aliphatic rings. The molecule has 3 N–H and O–H groups in total. The zero-order valence-corrected chi connectivity index (χ0v) is 9.90. The Hall–Kier alpha value is -0.970. The maximum Gasteiger partial charge on any atom is 0.128 e. The summed E-state index contributed by atoms with van der Waals surface area (Å²) in [6.45, 7) is 2.69. The Balaban J connectivity index is 2.42. The molecule has 0 aliphatic carbocycles. The van der Waals surface area contributed by atoms with Crippen LogP contribution in [0.25, 0.3) is 0 Å². The molecule has 94 valence electrons. The summed E-state index contributed by atoms with van der Waals surface area (Å²) < 4.78 is 19.3. The lowest BCUT2D eigenvalue weighted by atomic mass is 9.72. The molecule has 2 rings (SSSR count). The van der Waals surface area contributed by atoms with Crippen LogP contribution in [0.4, 0.5) is 4.39 Å². The van der Waals surface area contributed by atoms with Crippen molar-refractivity contribution in [1.82, 2.24) is 0 Å². The van der Waals surface area contributed by atoms with E-state index in [9.17, 15) is 9.50 Å². The van der Waals surface area contributed by atoms with Crippen molar-refractivity contribution in [3.63, 3.8) is 0 Å². The van der Waals surface area contributed by atoms with E-state index in [2.05, 4.69) is 0 Å². The summed E-state index contributed by atoms with van der Waals surface area (Å²) in [5, 5.41) is 9.49. The van der Waals surface area contributed by atoms with Crippen LogP contribution in [0.5, 0.6) is 0 Å². The number of aliphatic hydroxyl groups excluding tert-OH is 1. The molecule has 0 bridgehead atoms. The SMILES string of the molecule is CC1COC[C@@](N)(c2ccccc2F)[C@@H]1CO. The largest absolute Gasteiger partial charge is 0.396 e. The number of hydrogen-bond donors (Lipinski definition) is 2. The van der Waals surface area contributed by atoms with Crippen molar-refractivity contribution in [2.24, 2.45) is 17.6 Å². The topological polar surface area (TPSA) is 55.5 Å². The quantitative estimate of drug-likeness (QED) is 0.816. The highest BCUT2D eigenvalue weighted by Crippen LogP contribution is 2.37. The first-order chi connectivity index (χ1) is 8.09. The molecule has 1 unspecified atom stereocenters. The van der Waals surface area contributed by atoms with Crippen molar-refractivity contribution in [3.05, 3.63) is 35.6 Å². The lowest BCUT2D eigenvalue weighted by Crippen LogP contribution is -2.56. The Bertz CT molecular complexity index is 399. The third-order valence-corrected chi connectivity index (χ3v) is 3.64. The van der Waals surface area contributed by atoms with Gasteiger partial charge in [-0.3, -0.25) is 0 Å². The lowest BCUT2D eigenvalue weighted by Gasteiger charge is -2.44. The molecule has 1 fully saturated rings. The van der Waals surface area contributed by atoms with Gasteiger partial charge < -0.3 is 15.6 Å². The predicted octanol–water partition coefficient (Wildman–Crippen LogP) is 1.25. The van der Waals surface area contributed by atoms with E-state index in [4.69, 9.17) is 10.5 Å². The van der Waals surface area contributed by atoms with Crippen LogP contribution in [0.1, 0.15) is 12.5 Å². The van der Waals surface area contributed by atoms with Crippen LogP contribution in [-0.4, -0.2) is 24.9 Å². The minimum Gasteiger partial charge on any atom is -0.396 e. The normalized spacial score (nSPS) is 33.6. The Morgan fingerprint density at radius 1 is 1.53 bits per heavy atom. The molecule has 1 aliphatic heterocycles. The lowest BCUT2D eigenvalue weighted by molar-refractivity contribution is -0.0607. The van der Waals surface area contributed by atoms with Gasteiger partial charge in [0.25, 0.3) is 0 Å². The molecule has 3 atom stereocenters. The smallest absolute Gasteiger partial charge is 0.128 e. The van der Waals surface area contributed by atoms with Gasteiger partial charge in [-0.15, -0.1) is 0 Å². The number of aliphatic hydroxyl groups is 1. The summed E-state index contributed by atoms with van der Waals surface area (Å²) in [6.07, 6.45) is 0. The maximum absolute atomic E-state index is 13.8. The minimum atomic E-state index is -0.947. The summed E-state index contributed by atoms with van der Waals surface area (Å²) in [5.74, 6) is -0.419. The second-order valence-electron chi connectivity index (χ2n) is 4.80. The van der Waals surface area contributed by atoms with E-state index in [-0.39, 0.29) is 30.9 Å². The molecule has 1 saturated heterocycles. The summed E-state index contributed by atoms with van der Waals surface area (Å²) in [7, 11) is 0. The molecular weight excluding hydrogens is 221 g/mol. The maximum atomic E-state index is 13.8. The monoisotopic (exact) mass is 239 g/mol. The average molecular weight is 239 g/mol. The van der Waals surface area contributed by atoms with Gasteiger partial charge in [-0.05, 0) is 12.0 Å². The zero-order chi connectivity index (χ0) is 12.5. The second kappa shape index (κ2) is 4.72. The van der Waals surface area contributed by atoms with Gasteiger partial charge in [-0.2, -0.15) is 0 Å². The number of rotatable bonds is 2. The van der Waals surface area contributed by atoms with E-state index in [1.807, 2.05) is 6.92 Å². The summed E-state index contributed by atoms with van der Waals surface area (Å²) in [6, 6.07) is 6.43. The molecule has 17 heavy (non-hydrogen) atoms. The van der Waals surface area contributed by atoms with Gasteiger partial charge >= 0.3 is 0 Å². The molecule has 3 nitrogen and oxygen atoms in total. The van der Waals surface area contributed by atoms with Gasteiger partial charge in [0, 0.05) is 24.7 Å². The van der Waals surface area contributed by atoms with Gasteiger partial charge in [-0.1, -0.05) is 25.1 Å². The summed E-state index contributed by atoms with van der Waals surface area (Å²) in [4.78, 5) is 0. The van der Waals surface area contributed by atoms with Gasteiger partial charge in [0.2, 0.25) is 0 Å². The van der Waals surface area contributed by atoms with Crippen molar-refractivity contribution in [2.75, 3.05) is 19.8 Å². The van der Waals surface area contributed by atoms with Crippen LogP contribution in [0.15, 0.2) is 24.3 Å². The first-order valence-corrected chi connectivity index (χ1v) is 5.82. The van der Waals surface area contributed by atoms with E-state index >= 15 is 0 Å². The average Bonchev–Trinajstić information content (AvgIpc) is 2.29. The molecule has 0 radical (unpaired) electrons. The fourth-order valence-corrected chi connectivity index (χ4v) is 2.60. The Morgan fingerprint density at radius 2 is 2.24 bits per heavy atom. The van der Waals surface area contributed by atoms with E-state index in [1.54, 1.807) is 18.2 Å². The van der Waals surface area contributed by atoms with Crippen molar-refractivity contribution >= 4 is 0 Å². The number of benzene rings is 1. The van der Waals surface area contributed by atoms with Gasteiger partial charge in [0.05, 0.1) is 12.1 Å². The summed E-state index contributed by atoms with van der Waals surface area (Å²) >= 11 is 0. The predicted molar refractivity (Wildman–Crippen MR) is 62.8 cm³/mol. The van der Waals surface area contributed by atoms with Crippen LogP contribution >= 0.6 is 0 Å². The number of nitrogens with two attached hydrogens (primary N) is 1. The molecule has 0 spiro atoms. The summed E-state index contributed by atoms with van der Waals surface area (Å²) in [5.41, 5.74) is 5.78. The van der Waals surface area contributed by atoms with Crippen molar-refractivity contribution < 1.29 is 14.2 Å². The van der Waals surface area contributed by atoms with E-state index in [0.717, 1.165) is 0 Å². The van der Waals surface area contributed by atoms with Crippen LogP contribution < -0.4 is 5.73 Å². The molecule has 0 aromatic heterocycles. The highest BCUT2D eigenvalue weighted by atomic mass is 19.1. The fraction of sp³-hybridized carbons (Fsp3) is 0.538. The standard InChI is InChI=1S/C13H18FNO2/c1-9-7-17-8-13(15,11(9)6-16)10-4-2-3-5-12(10)14/h2-5,9,11,16H,6-8,15H2,1H3/t9?,11-,13-/m1/s1. The molecule has 4 heteroatoms. The van der Waals surface area contributed by atoms with Gasteiger partial charge in [-0.25, -0.2) is 4.39 Å². The molecule has 1 heterocycles. The van der Waals surface area contributed by atoms with Gasteiger partial charge in [0.15, 0.2) is 0 Å². The van der Waals surface area contributed by atoms with E-state index in [0.29, 0.717) is 12.2 Å². The molecule has 0 saturated carbocycles. The Labute approximate surface area is 100 Å². The Kier molecular flexibility index (Phi) is 3.47.